The molecule has 1 aliphatic heterocycles. The van der Waals surface area contributed by atoms with Gasteiger partial charge in [0.2, 0.25) is 5.88 Å². The van der Waals surface area contributed by atoms with Crippen molar-refractivity contribution < 1.29 is 9.53 Å². The molecule has 1 amide bonds. The Hall–Kier alpha value is -3.45. The molecule has 7 heteroatoms. The number of hydrogen-bond donors (Lipinski definition) is 1. The highest BCUT2D eigenvalue weighted by molar-refractivity contribution is 5.93. The number of carbonyl (C=O) groups is 1. The lowest BCUT2D eigenvalue weighted by molar-refractivity contribution is 0.0950. The van der Waals surface area contributed by atoms with Crippen molar-refractivity contribution in [3.05, 3.63) is 83.7 Å². The lowest BCUT2D eigenvalue weighted by Gasteiger charge is -2.33. The van der Waals surface area contributed by atoms with Gasteiger partial charge in [-0.15, -0.1) is 0 Å². The first-order chi connectivity index (χ1) is 15.6. The summed E-state index contributed by atoms with van der Waals surface area (Å²) in [6, 6.07) is 17.4. The molecule has 0 saturated carbocycles. The molecule has 1 aromatic carbocycles. The van der Waals surface area contributed by atoms with Crippen LogP contribution in [0.2, 0.25) is 0 Å². The number of nitrogens with one attached hydrogen (secondary N) is 1. The summed E-state index contributed by atoms with van der Waals surface area (Å²) < 4.78 is 5.87. The number of hydrogen-bond acceptors (Lipinski definition) is 6. The van der Waals surface area contributed by atoms with E-state index < -0.39 is 0 Å². The van der Waals surface area contributed by atoms with E-state index >= 15 is 0 Å². The van der Waals surface area contributed by atoms with Crippen LogP contribution in [0.4, 0.5) is 5.82 Å². The van der Waals surface area contributed by atoms with Gasteiger partial charge in [0.05, 0.1) is 5.56 Å². The third kappa shape index (κ3) is 5.62. The summed E-state index contributed by atoms with van der Waals surface area (Å²) in [5.41, 5.74) is 2.52. The minimum atomic E-state index is -0.177. The first kappa shape index (κ1) is 21.8. The number of pyridine rings is 2. The van der Waals surface area contributed by atoms with Crippen LogP contribution in [0, 0.1) is 0 Å². The molecule has 1 fully saturated rings. The average Bonchev–Trinajstić information content (AvgIpc) is 2.84. The molecule has 1 atom stereocenters. The highest BCUT2D eigenvalue weighted by Gasteiger charge is 2.15. The summed E-state index contributed by atoms with van der Waals surface area (Å²) >= 11 is 0. The van der Waals surface area contributed by atoms with Crippen molar-refractivity contribution in [1.82, 2.24) is 20.2 Å². The number of aromatic nitrogens is 2. The van der Waals surface area contributed by atoms with Crippen LogP contribution >= 0.6 is 0 Å². The molecule has 7 nitrogen and oxygen atoms in total. The van der Waals surface area contributed by atoms with E-state index in [1.54, 1.807) is 12.1 Å². The average molecular weight is 432 g/mol. The molecule has 2 aromatic heterocycles. The number of likely N-dealkylation sites (N-methyl/N-ethyl adjacent to an activating group) is 1. The zero-order chi connectivity index (χ0) is 22.3. The standard InChI is InChI=1S/C25H29N5O2/c1-19(21-6-4-3-5-7-21)32-24-11-9-22(18-27-24)25(31)28-17-20-8-10-23(26-16-20)30-14-12-29(2)13-15-30/h3-11,16,18-19H,12-15,17H2,1-2H3,(H,28,31). The Labute approximate surface area is 189 Å². The highest BCUT2D eigenvalue weighted by Crippen LogP contribution is 2.20. The number of piperazine rings is 1. The fourth-order valence-electron chi connectivity index (χ4n) is 3.59. The highest BCUT2D eigenvalue weighted by atomic mass is 16.5. The summed E-state index contributed by atoms with van der Waals surface area (Å²) in [5.74, 6) is 1.29. The largest absolute Gasteiger partial charge is 0.470 e. The van der Waals surface area contributed by atoms with Gasteiger partial charge in [-0.1, -0.05) is 36.4 Å². The number of carbonyl (C=O) groups excluding carboxylic acids is 1. The molecule has 0 spiro atoms. The van der Waals surface area contributed by atoms with Gasteiger partial charge in [0.1, 0.15) is 11.9 Å². The van der Waals surface area contributed by atoms with E-state index in [-0.39, 0.29) is 12.0 Å². The lowest BCUT2D eigenvalue weighted by Crippen LogP contribution is -2.44. The molecular formula is C25H29N5O2. The molecule has 4 rings (SSSR count). The third-order valence-corrected chi connectivity index (χ3v) is 5.65. The van der Waals surface area contributed by atoms with Crippen molar-refractivity contribution in [1.29, 1.82) is 0 Å². The van der Waals surface area contributed by atoms with Gasteiger partial charge in [0.15, 0.2) is 0 Å². The van der Waals surface area contributed by atoms with Crippen LogP contribution < -0.4 is 15.0 Å². The Kier molecular flexibility index (Phi) is 6.97. The van der Waals surface area contributed by atoms with Gasteiger partial charge in [-0.05, 0) is 37.2 Å². The molecule has 1 N–H and O–H groups in total. The molecule has 3 aromatic rings. The SMILES string of the molecule is CC(Oc1ccc(C(=O)NCc2ccc(N3CCN(C)CC3)nc2)cn1)c1ccccc1. The van der Waals surface area contributed by atoms with Crippen molar-refractivity contribution in [3.63, 3.8) is 0 Å². The maximum atomic E-state index is 12.5. The predicted octanol–water partition coefficient (Wildman–Crippen LogP) is 3.30. The van der Waals surface area contributed by atoms with Gasteiger partial charge >= 0.3 is 0 Å². The quantitative estimate of drug-likeness (QED) is 0.619. The second-order valence-corrected chi connectivity index (χ2v) is 8.05. The zero-order valence-corrected chi connectivity index (χ0v) is 18.6. The smallest absolute Gasteiger partial charge is 0.253 e. The van der Waals surface area contributed by atoms with E-state index in [0.29, 0.717) is 18.0 Å². The summed E-state index contributed by atoms with van der Waals surface area (Å²) in [4.78, 5) is 26.0. The molecular weight excluding hydrogens is 402 g/mol. The first-order valence-electron chi connectivity index (χ1n) is 10.9. The van der Waals surface area contributed by atoms with Crippen molar-refractivity contribution in [2.24, 2.45) is 0 Å². The van der Waals surface area contributed by atoms with Crippen LogP contribution in [-0.4, -0.2) is 54.0 Å². The summed E-state index contributed by atoms with van der Waals surface area (Å²) in [5, 5.41) is 2.93. The van der Waals surface area contributed by atoms with E-state index in [2.05, 4.69) is 32.1 Å². The van der Waals surface area contributed by atoms with Gasteiger partial charge in [-0.2, -0.15) is 0 Å². The lowest BCUT2D eigenvalue weighted by atomic mass is 10.1. The normalized spacial score (nSPS) is 15.2. The second kappa shape index (κ2) is 10.2. The number of amides is 1. The van der Waals surface area contributed by atoms with Crippen LogP contribution in [0.15, 0.2) is 67.0 Å². The Morgan fingerprint density at radius 2 is 1.78 bits per heavy atom. The van der Waals surface area contributed by atoms with E-state index in [1.165, 1.54) is 6.20 Å². The van der Waals surface area contributed by atoms with Gasteiger partial charge < -0.3 is 19.9 Å². The predicted molar refractivity (Wildman–Crippen MR) is 125 cm³/mol. The van der Waals surface area contributed by atoms with Crippen molar-refractivity contribution in [3.8, 4) is 5.88 Å². The molecule has 166 valence electrons. The van der Waals surface area contributed by atoms with Gasteiger partial charge in [-0.25, -0.2) is 9.97 Å². The second-order valence-electron chi connectivity index (χ2n) is 8.05. The molecule has 0 bridgehead atoms. The Bertz CT molecular complexity index is 1000. The molecule has 32 heavy (non-hydrogen) atoms. The van der Waals surface area contributed by atoms with Crippen LogP contribution in [0.25, 0.3) is 0 Å². The number of nitrogens with zero attached hydrogens (tertiary/aromatic N) is 4. The van der Waals surface area contributed by atoms with Crippen LogP contribution in [0.1, 0.15) is 34.5 Å². The molecule has 1 aliphatic rings. The molecule has 1 unspecified atom stereocenters. The third-order valence-electron chi connectivity index (χ3n) is 5.65. The van der Waals surface area contributed by atoms with Gasteiger partial charge in [0, 0.05) is 51.2 Å². The van der Waals surface area contributed by atoms with E-state index in [4.69, 9.17) is 4.74 Å². The van der Waals surface area contributed by atoms with E-state index in [9.17, 15) is 4.79 Å². The number of anilines is 1. The first-order valence-corrected chi connectivity index (χ1v) is 10.9. The molecule has 0 radical (unpaired) electrons. The number of ether oxygens (including phenoxy) is 1. The minimum absolute atomic E-state index is 0.121. The van der Waals surface area contributed by atoms with Crippen LogP contribution in [0.5, 0.6) is 5.88 Å². The minimum Gasteiger partial charge on any atom is -0.470 e. The Balaban J connectivity index is 1.27. The van der Waals surface area contributed by atoms with Gasteiger partial charge in [-0.3, -0.25) is 4.79 Å². The van der Waals surface area contributed by atoms with Crippen molar-refractivity contribution in [2.45, 2.75) is 19.6 Å². The van der Waals surface area contributed by atoms with Crippen molar-refractivity contribution >= 4 is 11.7 Å². The van der Waals surface area contributed by atoms with Crippen molar-refractivity contribution in [2.75, 3.05) is 38.1 Å². The summed E-state index contributed by atoms with van der Waals surface area (Å²) in [6.07, 6.45) is 3.25. The summed E-state index contributed by atoms with van der Waals surface area (Å²) in [6.45, 7) is 6.44. The number of rotatable bonds is 7. The fraction of sp³-hybridized carbons (Fsp3) is 0.320. The molecule has 0 aliphatic carbocycles. The number of benzene rings is 1. The van der Waals surface area contributed by atoms with E-state index in [1.807, 2.05) is 55.6 Å². The zero-order valence-electron chi connectivity index (χ0n) is 18.6. The van der Waals surface area contributed by atoms with Crippen LogP contribution in [-0.2, 0) is 6.54 Å². The monoisotopic (exact) mass is 431 g/mol. The maximum Gasteiger partial charge on any atom is 0.253 e. The molecule has 1 saturated heterocycles. The summed E-state index contributed by atoms with van der Waals surface area (Å²) in [7, 11) is 2.14. The van der Waals surface area contributed by atoms with E-state index in [0.717, 1.165) is 43.1 Å². The van der Waals surface area contributed by atoms with Gasteiger partial charge in [0.25, 0.3) is 5.91 Å². The molecule has 3 heterocycles. The Morgan fingerprint density at radius 1 is 1.00 bits per heavy atom. The topological polar surface area (TPSA) is 70.6 Å². The Morgan fingerprint density at radius 3 is 2.44 bits per heavy atom. The maximum absolute atomic E-state index is 12.5. The fourth-order valence-corrected chi connectivity index (χ4v) is 3.59. The van der Waals surface area contributed by atoms with Crippen LogP contribution in [0.3, 0.4) is 0 Å².